The van der Waals surface area contributed by atoms with Gasteiger partial charge < -0.3 is 15.2 Å². The van der Waals surface area contributed by atoms with E-state index in [0.717, 1.165) is 25.1 Å². The van der Waals surface area contributed by atoms with Crippen molar-refractivity contribution >= 4 is 17.5 Å². The number of anilines is 1. The molecule has 22 heavy (non-hydrogen) atoms. The minimum absolute atomic E-state index is 0.170. The molecule has 8 nitrogen and oxygen atoms in total. The highest BCUT2D eigenvalue weighted by molar-refractivity contribution is 6.39. The van der Waals surface area contributed by atoms with Gasteiger partial charge in [0.15, 0.2) is 0 Å². The molecule has 2 aromatic rings. The highest BCUT2D eigenvalue weighted by Gasteiger charge is 2.33. The topological polar surface area (TPSA) is 95.9 Å². The van der Waals surface area contributed by atoms with Gasteiger partial charge in [-0.05, 0) is 19.3 Å². The minimum atomic E-state index is -0.647. The molecule has 3 heterocycles. The second kappa shape index (κ2) is 6.00. The molecule has 2 aromatic heterocycles. The summed E-state index contributed by atoms with van der Waals surface area (Å²) in [6.07, 6.45) is 9.24. The van der Waals surface area contributed by atoms with E-state index in [0.29, 0.717) is 12.2 Å². The second-order valence-electron chi connectivity index (χ2n) is 5.34. The summed E-state index contributed by atoms with van der Waals surface area (Å²) in [7, 11) is 1.75. The summed E-state index contributed by atoms with van der Waals surface area (Å²) in [6, 6.07) is -0.170. The predicted octanol–water partition coefficient (Wildman–Crippen LogP) is 0.835. The highest BCUT2D eigenvalue weighted by Crippen LogP contribution is 2.28. The molecule has 3 rings (SSSR count). The van der Waals surface area contributed by atoms with Crippen molar-refractivity contribution in [3.05, 3.63) is 30.6 Å². The number of hydrogen-bond donors (Lipinski definition) is 2. The van der Waals surface area contributed by atoms with Gasteiger partial charge in [0.1, 0.15) is 5.82 Å². The van der Waals surface area contributed by atoms with E-state index in [1.807, 2.05) is 0 Å². The summed E-state index contributed by atoms with van der Waals surface area (Å²) in [5.41, 5.74) is 0.507. The van der Waals surface area contributed by atoms with Crippen LogP contribution in [0.3, 0.4) is 0 Å². The maximum absolute atomic E-state index is 12.5. The van der Waals surface area contributed by atoms with Crippen molar-refractivity contribution in [3.8, 4) is 0 Å². The summed E-state index contributed by atoms with van der Waals surface area (Å²) in [5.74, 6) is -0.460. The first-order valence-corrected chi connectivity index (χ1v) is 7.25. The lowest BCUT2D eigenvalue weighted by molar-refractivity contribution is -0.146. The Bertz CT molecular complexity index is 663. The lowest BCUT2D eigenvalue weighted by Gasteiger charge is -2.33. The molecule has 1 aliphatic heterocycles. The fourth-order valence-corrected chi connectivity index (χ4v) is 2.72. The molecule has 1 saturated heterocycles. The van der Waals surface area contributed by atoms with Crippen LogP contribution in [0, 0.1) is 0 Å². The molecule has 0 bridgehead atoms. The molecule has 2 amide bonds. The van der Waals surface area contributed by atoms with Crippen molar-refractivity contribution in [2.24, 2.45) is 7.05 Å². The maximum Gasteiger partial charge on any atom is 0.314 e. The van der Waals surface area contributed by atoms with E-state index >= 15 is 0 Å². The number of aromatic nitrogens is 4. The zero-order valence-electron chi connectivity index (χ0n) is 12.3. The van der Waals surface area contributed by atoms with Crippen LogP contribution in [0.25, 0.3) is 0 Å². The van der Waals surface area contributed by atoms with Crippen molar-refractivity contribution in [2.45, 2.75) is 25.3 Å². The Morgan fingerprint density at radius 2 is 2.27 bits per heavy atom. The minimum Gasteiger partial charge on any atom is -0.347 e. The van der Waals surface area contributed by atoms with E-state index in [1.165, 1.54) is 6.20 Å². The van der Waals surface area contributed by atoms with Crippen molar-refractivity contribution in [1.29, 1.82) is 0 Å². The molecule has 0 spiro atoms. The van der Waals surface area contributed by atoms with Gasteiger partial charge in [-0.3, -0.25) is 14.3 Å². The number of carbonyl (C=O) groups is 2. The standard InChI is InChI=1S/C14H18N6O2/c1-19-9-10(8-17-19)18-13(21)14(22)20-7-3-2-4-11(20)12-15-5-6-16-12/h5-6,8-9,11H,2-4,7H2,1H3,(H,15,16)(H,18,21)/t11-/m1/s1. The van der Waals surface area contributed by atoms with Gasteiger partial charge >= 0.3 is 11.8 Å². The van der Waals surface area contributed by atoms with Crippen LogP contribution < -0.4 is 5.32 Å². The van der Waals surface area contributed by atoms with Crippen LogP contribution >= 0.6 is 0 Å². The van der Waals surface area contributed by atoms with Crippen molar-refractivity contribution in [2.75, 3.05) is 11.9 Å². The molecule has 116 valence electrons. The number of rotatable bonds is 2. The largest absolute Gasteiger partial charge is 0.347 e. The Kier molecular flexibility index (Phi) is 3.90. The molecule has 8 heteroatoms. The molecule has 0 unspecified atom stereocenters. The number of aromatic amines is 1. The Balaban J connectivity index is 1.72. The molecular formula is C14H18N6O2. The first-order valence-electron chi connectivity index (χ1n) is 7.25. The number of hydrogen-bond acceptors (Lipinski definition) is 4. The predicted molar refractivity (Wildman–Crippen MR) is 78.7 cm³/mol. The van der Waals surface area contributed by atoms with Gasteiger partial charge in [-0.2, -0.15) is 5.10 Å². The van der Waals surface area contributed by atoms with Gasteiger partial charge in [0.25, 0.3) is 0 Å². The highest BCUT2D eigenvalue weighted by atomic mass is 16.2. The van der Waals surface area contributed by atoms with Crippen molar-refractivity contribution in [1.82, 2.24) is 24.6 Å². The summed E-state index contributed by atoms with van der Waals surface area (Å²) in [6.45, 7) is 0.560. The molecule has 0 aliphatic carbocycles. The summed E-state index contributed by atoms with van der Waals surface area (Å²) in [4.78, 5) is 33.5. The molecule has 1 atom stereocenters. The number of carbonyl (C=O) groups excluding carboxylic acids is 2. The van der Waals surface area contributed by atoms with Crippen LogP contribution in [0.2, 0.25) is 0 Å². The van der Waals surface area contributed by atoms with Crippen LogP contribution in [0.4, 0.5) is 5.69 Å². The zero-order valence-corrected chi connectivity index (χ0v) is 12.3. The van der Waals surface area contributed by atoms with E-state index in [2.05, 4.69) is 20.4 Å². The Hall–Kier alpha value is -2.64. The van der Waals surface area contributed by atoms with Crippen LogP contribution in [0.5, 0.6) is 0 Å². The monoisotopic (exact) mass is 302 g/mol. The Morgan fingerprint density at radius 1 is 1.41 bits per heavy atom. The SMILES string of the molecule is Cn1cc(NC(=O)C(=O)N2CCCC[C@@H]2c2ncc[nH]2)cn1. The molecule has 2 N–H and O–H groups in total. The third kappa shape index (κ3) is 2.85. The maximum atomic E-state index is 12.5. The fourth-order valence-electron chi connectivity index (χ4n) is 2.72. The lowest BCUT2D eigenvalue weighted by atomic mass is 10.0. The number of aryl methyl sites for hydroxylation is 1. The molecule has 0 aromatic carbocycles. The Morgan fingerprint density at radius 3 is 2.95 bits per heavy atom. The first-order chi connectivity index (χ1) is 10.6. The third-order valence-corrected chi connectivity index (χ3v) is 3.76. The first kappa shape index (κ1) is 14.3. The summed E-state index contributed by atoms with van der Waals surface area (Å²) in [5, 5.41) is 6.54. The number of imidazole rings is 1. The molecule has 1 aliphatic rings. The van der Waals surface area contributed by atoms with E-state index in [1.54, 1.807) is 35.2 Å². The summed E-state index contributed by atoms with van der Waals surface area (Å²) < 4.78 is 1.56. The van der Waals surface area contributed by atoms with Crippen LogP contribution in [-0.4, -0.2) is 43.0 Å². The van der Waals surface area contributed by atoms with Gasteiger partial charge in [-0.25, -0.2) is 4.98 Å². The van der Waals surface area contributed by atoms with E-state index in [-0.39, 0.29) is 6.04 Å². The van der Waals surface area contributed by atoms with Gasteiger partial charge in [-0.15, -0.1) is 0 Å². The number of nitrogens with zero attached hydrogens (tertiary/aromatic N) is 4. The van der Waals surface area contributed by atoms with Crippen LogP contribution in [0.1, 0.15) is 31.1 Å². The fraction of sp³-hybridized carbons (Fsp3) is 0.429. The lowest BCUT2D eigenvalue weighted by Crippen LogP contribution is -2.44. The number of amides is 2. The zero-order chi connectivity index (χ0) is 15.5. The van der Waals surface area contributed by atoms with Crippen molar-refractivity contribution in [3.63, 3.8) is 0 Å². The second-order valence-corrected chi connectivity index (χ2v) is 5.34. The number of piperidine rings is 1. The molecular weight excluding hydrogens is 284 g/mol. The van der Waals surface area contributed by atoms with Gasteiger partial charge in [0.2, 0.25) is 0 Å². The average Bonchev–Trinajstić information content (AvgIpc) is 3.18. The quantitative estimate of drug-likeness (QED) is 0.803. The Labute approximate surface area is 127 Å². The molecule has 0 radical (unpaired) electrons. The normalized spacial score (nSPS) is 18.2. The van der Waals surface area contributed by atoms with E-state index in [9.17, 15) is 9.59 Å². The van der Waals surface area contributed by atoms with Gasteiger partial charge in [0.05, 0.1) is 17.9 Å². The number of likely N-dealkylation sites (tertiary alicyclic amines) is 1. The smallest absolute Gasteiger partial charge is 0.314 e. The van der Waals surface area contributed by atoms with Crippen LogP contribution in [0.15, 0.2) is 24.8 Å². The number of H-pyrrole nitrogens is 1. The van der Waals surface area contributed by atoms with Gasteiger partial charge in [-0.1, -0.05) is 0 Å². The van der Waals surface area contributed by atoms with E-state index < -0.39 is 11.8 Å². The third-order valence-electron chi connectivity index (χ3n) is 3.76. The van der Waals surface area contributed by atoms with Gasteiger partial charge in [0, 0.05) is 32.2 Å². The molecule has 0 saturated carbocycles. The molecule has 1 fully saturated rings. The van der Waals surface area contributed by atoms with Crippen molar-refractivity contribution < 1.29 is 9.59 Å². The number of nitrogens with one attached hydrogen (secondary N) is 2. The van der Waals surface area contributed by atoms with Crippen LogP contribution in [-0.2, 0) is 16.6 Å². The van der Waals surface area contributed by atoms with E-state index in [4.69, 9.17) is 0 Å². The summed E-state index contributed by atoms with van der Waals surface area (Å²) >= 11 is 0. The average molecular weight is 302 g/mol.